The van der Waals surface area contributed by atoms with Crippen LogP contribution < -0.4 is 5.32 Å². The van der Waals surface area contributed by atoms with E-state index >= 15 is 0 Å². The summed E-state index contributed by atoms with van der Waals surface area (Å²) >= 11 is 0. The first-order valence-electron chi connectivity index (χ1n) is 7.15. The molecule has 3 rings (SSSR count). The van der Waals surface area contributed by atoms with Crippen molar-refractivity contribution in [2.75, 3.05) is 0 Å². The molecule has 1 heterocycles. The molecule has 3 fully saturated rings. The summed E-state index contributed by atoms with van der Waals surface area (Å²) in [4.78, 5) is 0. The van der Waals surface area contributed by atoms with Gasteiger partial charge in [0.1, 0.15) is 0 Å². The summed E-state index contributed by atoms with van der Waals surface area (Å²) in [6.07, 6.45) is 9.02. The molecule has 16 heavy (non-hydrogen) atoms. The van der Waals surface area contributed by atoms with Gasteiger partial charge in [-0.1, -0.05) is 26.7 Å². The third-order valence-electron chi connectivity index (χ3n) is 4.88. The van der Waals surface area contributed by atoms with Crippen LogP contribution in [0.5, 0.6) is 0 Å². The Kier molecular flexibility index (Phi) is 2.97. The Bertz CT molecular complexity index is 255. The number of hydrogen-bond donors (Lipinski definition) is 1. The van der Waals surface area contributed by atoms with Crippen LogP contribution in [0.1, 0.15) is 52.4 Å². The number of morpholine rings is 1. The fourth-order valence-corrected chi connectivity index (χ4v) is 4.12. The van der Waals surface area contributed by atoms with Crippen LogP contribution in [0.4, 0.5) is 0 Å². The Labute approximate surface area is 99.1 Å². The number of hydrogen-bond acceptors (Lipinski definition) is 2. The van der Waals surface area contributed by atoms with E-state index in [9.17, 15) is 0 Å². The van der Waals surface area contributed by atoms with Gasteiger partial charge in [0.2, 0.25) is 0 Å². The van der Waals surface area contributed by atoms with Gasteiger partial charge in [0.15, 0.2) is 0 Å². The molecule has 4 unspecified atom stereocenters. The highest BCUT2D eigenvalue weighted by molar-refractivity contribution is 4.98. The molecule has 2 nitrogen and oxygen atoms in total. The minimum absolute atomic E-state index is 0.498. The highest BCUT2D eigenvalue weighted by atomic mass is 16.5. The van der Waals surface area contributed by atoms with E-state index in [0.717, 1.165) is 11.8 Å². The third kappa shape index (κ3) is 1.91. The van der Waals surface area contributed by atoms with Gasteiger partial charge in [-0.05, 0) is 37.5 Å². The summed E-state index contributed by atoms with van der Waals surface area (Å²) in [5, 5.41) is 3.90. The maximum atomic E-state index is 6.37. The predicted molar refractivity (Wildman–Crippen MR) is 65.4 cm³/mol. The predicted octanol–water partition coefficient (Wildman–Crippen LogP) is 2.72. The molecule has 6 atom stereocenters. The minimum atomic E-state index is 0.498. The van der Waals surface area contributed by atoms with E-state index in [1.165, 1.54) is 38.5 Å². The topological polar surface area (TPSA) is 21.3 Å². The van der Waals surface area contributed by atoms with E-state index in [1.807, 2.05) is 0 Å². The van der Waals surface area contributed by atoms with E-state index in [-0.39, 0.29) is 0 Å². The molecular formula is C14H25NO. The molecule has 1 aliphatic heterocycles. The van der Waals surface area contributed by atoms with E-state index in [1.54, 1.807) is 0 Å². The van der Waals surface area contributed by atoms with Crippen LogP contribution in [0.3, 0.4) is 0 Å². The summed E-state index contributed by atoms with van der Waals surface area (Å²) in [6, 6.07) is 1.29. The van der Waals surface area contributed by atoms with Gasteiger partial charge < -0.3 is 10.1 Å². The molecule has 2 aliphatic carbocycles. The van der Waals surface area contributed by atoms with Crippen molar-refractivity contribution < 1.29 is 4.74 Å². The van der Waals surface area contributed by atoms with Gasteiger partial charge in [-0.3, -0.25) is 0 Å². The monoisotopic (exact) mass is 223 g/mol. The van der Waals surface area contributed by atoms with Gasteiger partial charge in [0, 0.05) is 12.1 Å². The van der Waals surface area contributed by atoms with Crippen molar-refractivity contribution in [3.05, 3.63) is 0 Å². The Hall–Kier alpha value is -0.0800. The molecule has 3 aliphatic rings. The molecule has 2 heteroatoms. The van der Waals surface area contributed by atoms with Crippen molar-refractivity contribution in [3.63, 3.8) is 0 Å². The van der Waals surface area contributed by atoms with Crippen molar-refractivity contribution in [3.8, 4) is 0 Å². The lowest BCUT2D eigenvalue weighted by Gasteiger charge is -2.50. The first-order valence-corrected chi connectivity index (χ1v) is 7.15. The number of rotatable bonds is 0. The fourth-order valence-electron chi connectivity index (χ4n) is 4.12. The van der Waals surface area contributed by atoms with Gasteiger partial charge in [-0.2, -0.15) is 0 Å². The Morgan fingerprint density at radius 2 is 1.81 bits per heavy atom. The molecule has 92 valence electrons. The molecule has 1 saturated heterocycles. The van der Waals surface area contributed by atoms with Crippen LogP contribution in [-0.2, 0) is 4.74 Å². The Balaban J connectivity index is 1.72. The second-order valence-corrected chi connectivity index (χ2v) is 6.35. The molecule has 0 aromatic heterocycles. The maximum absolute atomic E-state index is 6.37. The van der Waals surface area contributed by atoms with Gasteiger partial charge in [-0.15, -0.1) is 0 Å². The normalized spacial score (nSPS) is 52.9. The van der Waals surface area contributed by atoms with Crippen LogP contribution in [0, 0.1) is 11.8 Å². The van der Waals surface area contributed by atoms with Crippen molar-refractivity contribution in [1.82, 2.24) is 5.32 Å². The molecule has 0 aromatic rings. The highest BCUT2D eigenvalue weighted by Crippen LogP contribution is 2.37. The van der Waals surface area contributed by atoms with Gasteiger partial charge in [0.05, 0.1) is 12.2 Å². The number of ether oxygens (including phenoxy) is 1. The second kappa shape index (κ2) is 4.30. The van der Waals surface area contributed by atoms with Crippen molar-refractivity contribution in [2.45, 2.75) is 76.7 Å². The largest absolute Gasteiger partial charge is 0.372 e. The highest BCUT2D eigenvalue weighted by Gasteiger charge is 2.43. The second-order valence-electron chi connectivity index (χ2n) is 6.35. The number of nitrogens with one attached hydrogen (secondary N) is 1. The van der Waals surface area contributed by atoms with Gasteiger partial charge >= 0.3 is 0 Å². The SMILES string of the molecule is CC1CC2OC3CCCC[C@H]3NC2[C@H](C)C1. The fraction of sp³-hybridized carbons (Fsp3) is 1.00. The van der Waals surface area contributed by atoms with Gasteiger partial charge in [0.25, 0.3) is 0 Å². The average Bonchev–Trinajstić information content (AvgIpc) is 2.27. The third-order valence-corrected chi connectivity index (χ3v) is 4.88. The molecule has 1 N–H and O–H groups in total. The quantitative estimate of drug-likeness (QED) is 0.682. The zero-order valence-corrected chi connectivity index (χ0v) is 10.6. The van der Waals surface area contributed by atoms with E-state index in [0.29, 0.717) is 24.3 Å². The molecule has 0 amide bonds. The summed E-state index contributed by atoms with van der Waals surface area (Å²) in [7, 11) is 0. The lowest BCUT2D eigenvalue weighted by atomic mass is 9.75. The standard InChI is InChI=1S/C14H25NO/c1-9-7-10(2)14-13(8-9)16-12-6-4-3-5-11(12)15-14/h9-15H,3-8H2,1-2H3/t9?,10-,11-,12?,13?,14?/m1/s1. The van der Waals surface area contributed by atoms with Crippen LogP contribution in [0.2, 0.25) is 0 Å². The van der Waals surface area contributed by atoms with Crippen LogP contribution >= 0.6 is 0 Å². The molecule has 0 radical (unpaired) electrons. The van der Waals surface area contributed by atoms with Gasteiger partial charge in [-0.25, -0.2) is 0 Å². The first-order chi connectivity index (χ1) is 7.74. The maximum Gasteiger partial charge on any atom is 0.0737 e. The summed E-state index contributed by atoms with van der Waals surface area (Å²) in [5.41, 5.74) is 0. The molecular weight excluding hydrogens is 198 g/mol. The molecule has 0 aromatic carbocycles. The number of fused-ring (bicyclic) bond motifs is 2. The minimum Gasteiger partial charge on any atom is -0.372 e. The van der Waals surface area contributed by atoms with E-state index in [2.05, 4.69) is 19.2 Å². The molecule has 0 bridgehead atoms. The zero-order chi connectivity index (χ0) is 11.1. The lowest BCUT2D eigenvalue weighted by molar-refractivity contribution is -0.131. The van der Waals surface area contributed by atoms with Crippen molar-refractivity contribution in [2.24, 2.45) is 11.8 Å². The lowest BCUT2D eigenvalue weighted by Crippen LogP contribution is -2.63. The summed E-state index contributed by atoms with van der Waals surface area (Å²) < 4.78 is 6.37. The Morgan fingerprint density at radius 1 is 1.00 bits per heavy atom. The van der Waals surface area contributed by atoms with Crippen LogP contribution in [-0.4, -0.2) is 24.3 Å². The molecule has 0 spiro atoms. The molecule has 2 saturated carbocycles. The summed E-state index contributed by atoms with van der Waals surface area (Å²) in [5.74, 6) is 1.63. The smallest absolute Gasteiger partial charge is 0.0737 e. The van der Waals surface area contributed by atoms with Crippen LogP contribution in [0.15, 0.2) is 0 Å². The van der Waals surface area contributed by atoms with Crippen LogP contribution in [0.25, 0.3) is 0 Å². The first kappa shape index (κ1) is 11.0. The van der Waals surface area contributed by atoms with E-state index in [4.69, 9.17) is 4.74 Å². The average molecular weight is 223 g/mol. The van der Waals surface area contributed by atoms with Crippen molar-refractivity contribution >= 4 is 0 Å². The summed E-state index contributed by atoms with van der Waals surface area (Å²) in [6.45, 7) is 4.77. The zero-order valence-electron chi connectivity index (χ0n) is 10.6. The van der Waals surface area contributed by atoms with Crippen molar-refractivity contribution in [1.29, 1.82) is 0 Å². The van der Waals surface area contributed by atoms with E-state index < -0.39 is 0 Å². The Morgan fingerprint density at radius 3 is 2.69 bits per heavy atom.